The van der Waals surface area contributed by atoms with E-state index in [1.54, 1.807) is 7.11 Å². The van der Waals surface area contributed by atoms with Gasteiger partial charge in [0.15, 0.2) is 0 Å². The Morgan fingerprint density at radius 1 is 1.30 bits per heavy atom. The molecule has 0 saturated carbocycles. The van der Waals surface area contributed by atoms with Crippen molar-refractivity contribution in [3.8, 4) is 17.0 Å². The Balaban J connectivity index is 1.59. The van der Waals surface area contributed by atoms with E-state index in [4.69, 9.17) is 9.26 Å². The SMILES string of the molecule is CCc1onc(C)c1[C@@H]1CCCN1Cc1cn[nH]c1-c1ccc(OC)cc1. The number of nitrogens with zero attached hydrogens (tertiary/aromatic N) is 3. The van der Waals surface area contributed by atoms with Crippen molar-refractivity contribution in [2.24, 2.45) is 0 Å². The van der Waals surface area contributed by atoms with Crippen LogP contribution in [0.1, 0.15) is 48.4 Å². The van der Waals surface area contributed by atoms with Gasteiger partial charge in [-0.15, -0.1) is 0 Å². The highest BCUT2D eigenvalue weighted by Gasteiger charge is 2.31. The molecule has 1 saturated heterocycles. The maximum Gasteiger partial charge on any atom is 0.141 e. The second-order valence-corrected chi connectivity index (χ2v) is 7.09. The Hall–Kier alpha value is -2.60. The predicted molar refractivity (Wildman–Crippen MR) is 104 cm³/mol. The molecule has 0 amide bonds. The minimum atomic E-state index is 0.366. The third kappa shape index (κ3) is 3.37. The topological polar surface area (TPSA) is 67.2 Å². The van der Waals surface area contributed by atoms with E-state index < -0.39 is 0 Å². The summed E-state index contributed by atoms with van der Waals surface area (Å²) in [6.07, 6.45) is 5.15. The lowest BCUT2D eigenvalue weighted by molar-refractivity contribution is 0.245. The van der Waals surface area contributed by atoms with E-state index in [-0.39, 0.29) is 0 Å². The van der Waals surface area contributed by atoms with Crippen LogP contribution in [0.4, 0.5) is 0 Å². The highest BCUT2D eigenvalue weighted by Crippen LogP contribution is 2.37. The molecule has 3 heterocycles. The number of aryl methyl sites for hydroxylation is 2. The molecule has 0 unspecified atom stereocenters. The first kappa shape index (κ1) is 17.8. The summed E-state index contributed by atoms with van der Waals surface area (Å²) in [5.41, 5.74) is 5.70. The number of H-pyrrole nitrogens is 1. The monoisotopic (exact) mass is 366 g/mol. The van der Waals surface area contributed by atoms with E-state index in [2.05, 4.69) is 46.2 Å². The molecule has 1 aromatic carbocycles. The van der Waals surface area contributed by atoms with Gasteiger partial charge in [0.25, 0.3) is 0 Å². The summed E-state index contributed by atoms with van der Waals surface area (Å²) in [5, 5.41) is 11.7. The molecule has 142 valence electrons. The van der Waals surface area contributed by atoms with Crippen LogP contribution in [0.3, 0.4) is 0 Å². The molecular formula is C21H26N4O2. The van der Waals surface area contributed by atoms with Crippen molar-refractivity contribution in [2.75, 3.05) is 13.7 Å². The Bertz CT molecular complexity index is 897. The molecular weight excluding hydrogens is 340 g/mol. The lowest BCUT2D eigenvalue weighted by atomic mass is 10.0. The van der Waals surface area contributed by atoms with Crippen LogP contribution in [0, 0.1) is 6.92 Å². The highest BCUT2D eigenvalue weighted by molar-refractivity contribution is 5.63. The van der Waals surface area contributed by atoms with Gasteiger partial charge in [0.2, 0.25) is 0 Å². The third-order valence-corrected chi connectivity index (χ3v) is 5.47. The molecule has 4 rings (SSSR count). The Morgan fingerprint density at radius 2 is 2.11 bits per heavy atom. The summed E-state index contributed by atoms with van der Waals surface area (Å²) >= 11 is 0. The molecule has 1 atom stereocenters. The Morgan fingerprint density at radius 3 is 2.85 bits per heavy atom. The molecule has 6 nitrogen and oxygen atoms in total. The second-order valence-electron chi connectivity index (χ2n) is 7.09. The summed E-state index contributed by atoms with van der Waals surface area (Å²) in [4.78, 5) is 2.52. The fraction of sp³-hybridized carbons (Fsp3) is 0.429. The van der Waals surface area contributed by atoms with Gasteiger partial charge in [-0.1, -0.05) is 12.1 Å². The van der Waals surface area contributed by atoms with Crippen molar-refractivity contribution in [1.82, 2.24) is 20.3 Å². The number of aromatic nitrogens is 3. The number of nitrogens with one attached hydrogen (secondary N) is 1. The van der Waals surface area contributed by atoms with Crippen LogP contribution in [0.5, 0.6) is 5.75 Å². The number of hydrogen-bond acceptors (Lipinski definition) is 5. The van der Waals surface area contributed by atoms with Gasteiger partial charge in [0, 0.05) is 35.7 Å². The predicted octanol–water partition coefficient (Wildman–Crippen LogP) is 4.28. The molecule has 0 spiro atoms. The van der Waals surface area contributed by atoms with E-state index in [1.807, 2.05) is 18.3 Å². The quantitative estimate of drug-likeness (QED) is 0.705. The highest BCUT2D eigenvalue weighted by atomic mass is 16.5. The number of likely N-dealkylation sites (tertiary alicyclic amines) is 1. The fourth-order valence-electron chi connectivity index (χ4n) is 4.11. The third-order valence-electron chi connectivity index (χ3n) is 5.47. The van der Waals surface area contributed by atoms with E-state index in [0.29, 0.717) is 6.04 Å². The van der Waals surface area contributed by atoms with Gasteiger partial charge < -0.3 is 9.26 Å². The van der Waals surface area contributed by atoms with Gasteiger partial charge in [0.1, 0.15) is 11.5 Å². The van der Waals surface area contributed by atoms with Crippen molar-refractivity contribution in [3.63, 3.8) is 0 Å². The summed E-state index contributed by atoms with van der Waals surface area (Å²) in [6.45, 7) is 6.11. The standard InChI is InChI=1S/C21H26N4O2/c1-4-19-20(14(2)24-27-19)18-6-5-11-25(18)13-16-12-22-23-21(16)15-7-9-17(26-3)10-8-15/h7-10,12,18H,4-6,11,13H2,1-3H3,(H,22,23)/t18-/m0/s1. The molecule has 1 N–H and O–H groups in total. The molecule has 6 heteroatoms. The zero-order valence-corrected chi connectivity index (χ0v) is 16.2. The second kappa shape index (κ2) is 7.56. The number of methoxy groups -OCH3 is 1. The molecule has 27 heavy (non-hydrogen) atoms. The largest absolute Gasteiger partial charge is 0.497 e. The average Bonchev–Trinajstić information content (AvgIpc) is 3.42. The lowest BCUT2D eigenvalue weighted by Crippen LogP contribution is -2.23. The molecule has 1 fully saturated rings. The van der Waals surface area contributed by atoms with E-state index in [0.717, 1.165) is 54.4 Å². The molecule has 1 aliphatic heterocycles. The van der Waals surface area contributed by atoms with Gasteiger partial charge in [-0.3, -0.25) is 10.00 Å². The van der Waals surface area contributed by atoms with Crippen LogP contribution in [0.25, 0.3) is 11.3 Å². The van der Waals surface area contributed by atoms with Crippen LogP contribution in [0.15, 0.2) is 35.0 Å². The van der Waals surface area contributed by atoms with Crippen molar-refractivity contribution in [1.29, 1.82) is 0 Å². The maximum atomic E-state index is 5.55. The molecule has 0 bridgehead atoms. The number of ether oxygens (including phenoxy) is 1. The molecule has 0 aliphatic carbocycles. The summed E-state index contributed by atoms with van der Waals surface area (Å²) in [5.74, 6) is 1.88. The molecule has 3 aromatic rings. The summed E-state index contributed by atoms with van der Waals surface area (Å²) < 4.78 is 10.8. The van der Waals surface area contributed by atoms with Crippen LogP contribution >= 0.6 is 0 Å². The Labute approximate surface area is 159 Å². The summed E-state index contributed by atoms with van der Waals surface area (Å²) in [6, 6.07) is 8.46. The first-order chi connectivity index (χ1) is 13.2. The van der Waals surface area contributed by atoms with Gasteiger partial charge >= 0.3 is 0 Å². The van der Waals surface area contributed by atoms with E-state index >= 15 is 0 Å². The fourth-order valence-corrected chi connectivity index (χ4v) is 4.11. The van der Waals surface area contributed by atoms with Crippen LogP contribution in [0.2, 0.25) is 0 Å². The first-order valence-corrected chi connectivity index (χ1v) is 9.57. The Kier molecular flexibility index (Phi) is 4.99. The average molecular weight is 366 g/mol. The molecule has 0 radical (unpaired) electrons. The number of aromatic amines is 1. The van der Waals surface area contributed by atoms with E-state index in [1.165, 1.54) is 17.5 Å². The number of rotatable bonds is 6. The van der Waals surface area contributed by atoms with Crippen molar-refractivity contribution in [2.45, 2.75) is 45.7 Å². The normalized spacial score (nSPS) is 17.5. The maximum absolute atomic E-state index is 5.55. The zero-order chi connectivity index (χ0) is 18.8. The van der Waals surface area contributed by atoms with Gasteiger partial charge in [0.05, 0.1) is 24.7 Å². The smallest absolute Gasteiger partial charge is 0.141 e. The molecule has 1 aliphatic rings. The van der Waals surface area contributed by atoms with E-state index in [9.17, 15) is 0 Å². The minimum Gasteiger partial charge on any atom is -0.497 e. The van der Waals surface area contributed by atoms with Gasteiger partial charge in [-0.05, 0) is 50.6 Å². The lowest BCUT2D eigenvalue weighted by Gasteiger charge is -2.24. The number of hydrogen-bond donors (Lipinski definition) is 1. The van der Waals surface area contributed by atoms with Crippen LogP contribution in [-0.4, -0.2) is 33.9 Å². The first-order valence-electron chi connectivity index (χ1n) is 9.57. The number of benzene rings is 1. The molecule has 2 aromatic heterocycles. The van der Waals surface area contributed by atoms with Crippen molar-refractivity contribution >= 4 is 0 Å². The minimum absolute atomic E-state index is 0.366. The van der Waals surface area contributed by atoms with Crippen molar-refractivity contribution < 1.29 is 9.26 Å². The zero-order valence-electron chi connectivity index (χ0n) is 16.2. The summed E-state index contributed by atoms with van der Waals surface area (Å²) in [7, 11) is 1.68. The van der Waals surface area contributed by atoms with Gasteiger partial charge in [-0.2, -0.15) is 5.10 Å². The van der Waals surface area contributed by atoms with Crippen LogP contribution < -0.4 is 4.74 Å². The van der Waals surface area contributed by atoms with Crippen LogP contribution in [-0.2, 0) is 13.0 Å². The van der Waals surface area contributed by atoms with Gasteiger partial charge in [-0.25, -0.2) is 0 Å². The van der Waals surface area contributed by atoms with Crippen molar-refractivity contribution in [3.05, 3.63) is 53.0 Å².